The van der Waals surface area contributed by atoms with Crippen molar-refractivity contribution in [2.45, 2.75) is 18.6 Å². The molecule has 8 heteroatoms. The maximum absolute atomic E-state index is 12.3. The SMILES string of the molecule is Cc1c(C(=O)OCc2ccc(S(=O)(=O)N(C)C)o2)sc2ccccc12. The third-order valence-electron chi connectivity index (χ3n) is 3.75. The van der Waals surface area contributed by atoms with Gasteiger partial charge in [-0.25, -0.2) is 17.5 Å². The standard InChI is InChI=1S/C17H17NO5S2/c1-11-13-6-4-5-7-14(13)24-16(11)17(19)22-10-12-8-9-15(23-12)25(20,21)18(2)3/h4-9H,10H2,1-3H3. The molecular weight excluding hydrogens is 362 g/mol. The van der Waals surface area contributed by atoms with Gasteiger partial charge in [-0.3, -0.25) is 0 Å². The number of carbonyl (C=O) groups excluding carboxylic acids is 1. The zero-order valence-corrected chi connectivity index (χ0v) is 15.6. The molecule has 2 heterocycles. The Morgan fingerprint density at radius 2 is 1.92 bits per heavy atom. The van der Waals surface area contributed by atoms with Crippen molar-refractivity contribution in [3.05, 3.63) is 52.6 Å². The van der Waals surface area contributed by atoms with Gasteiger partial charge < -0.3 is 9.15 Å². The fourth-order valence-electron chi connectivity index (χ4n) is 2.33. The smallest absolute Gasteiger partial charge is 0.349 e. The summed E-state index contributed by atoms with van der Waals surface area (Å²) < 4.78 is 36.6. The first kappa shape index (κ1) is 17.7. The molecule has 0 fully saturated rings. The Morgan fingerprint density at radius 1 is 1.20 bits per heavy atom. The minimum absolute atomic E-state index is 0.129. The lowest BCUT2D eigenvalue weighted by Gasteiger charge is -2.07. The van der Waals surface area contributed by atoms with E-state index in [1.165, 1.54) is 37.6 Å². The van der Waals surface area contributed by atoms with Crippen LogP contribution < -0.4 is 0 Å². The monoisotopic (exact) mass is 379 g/mol. The maximum Gasteiger partial charge on any atom is 0.349 e. The van der Waals surface area contributed by atoms with Crippen molar-refractivity contribution in [1.82, 2.24) is 4.31 Å². The topological polar surface area (TPSA) is 76.8 Å². The highest BCUT2D eigenvalue weighted by Crippen LogP contribution is 2.31. The van der Waals surface area contributed by atoms with Crippen LogP contribution in [-0.2, 0) is 21.4 Å². The third kappa shape index (κ3) is 3.33. The molecule has 0 saturated carbocycles. The molecule has 0 aliphatic heterocycles. The average molecular weight is 379 g/mol. The molecule has 3 rings (SSSR count). The van der Waals surface area contributed by atoms with Crippen LogP contribution >= 0.6 is 11.3 Å². The number of aryl methyl sites for hydroxylation is 1. The van der Waals surface area contributed by atoms with E-state index in [4.69, 9.17) is 9.15 Å². The second kappa shape index (κ2) is 6.62. The highest BCUT2D eigenvalue weighted by atomic mass is 32.2. The Hall–Kier alpha value is -2.16. The van der Waals surface area contributed by atoms with E-state index in [-0.39, 0.29) is 17.5 Å². The number of ether oxygens (including phenoxy) is 1. The highest BCUT2D eigenvalue weighted by Gasteiger charge is 2.22. The van der Waals surface area contributed by atoms with Crippen molar-refractivity contribution < 1.29 is 22.4 Å². The Morgan fingerprint density at radius 3 is 2.60 bits per heavy atom. The van der Waals surface area contributed by atoms with E-state index in [0.29, 0.717) is 4.88 Å². The average Bonchev–Trinajstić information content (AvgIpc) is 3.18. The van der Waals surface area contributed by atoms with Crippen molar-refractivity contribution in [2.75, 3.05) is 14.1 Å². The molecule has 2 aromatic heterocycles. The quantitative estimate of drug-likeness (QED) is 0.635. The van der Waals surface area contributed by atoms with Crippen LogP contribution in [-0.4, -0.2) is 32.8 Å². The Bertz CT molecular complexity index is 1030. The predicted molar refractivity (Wildman–Crippen MR) is 95.3 cm³/mol. The van der Waals surface area contributed by atoms with Gasteiger partial charge in [-0.1, -0.05) is 18.2 Å². The second-order valence-corrected chi connectivity index (χ2v) is 8.77. The first-order valence-corrected chi connectivity index (χ1v) is 9.73. The van der Waals surface area contributed by atoms with E-state index in [1.54, 1.807) is 0 Å². The first-order chi connectivity index (χ1) is 11.8. The predicted octanol–water partition coefficient (Wildman–Crippen LogP) is 3.41. The maximum atomic E-state index is 12.3. The van der Waals surface area contributed by atoms with E-state index in [0.717, 1.165) is 20.0 Å². The molecule has 3 aromatic rings. The molecule has 132 valence electrons. The number of hydrogen-bond donors (Lipinski definition) is 0. The largest absolute Gasteiger partial charge is 0.453 e. The molecule has 0 radical (unpaired) electrons. The summed E-state index contributed by atoms with van der Waals surface area (Å²) in [7, 11) is -0.806. The fourth-order valence-corrected chi connectivity index (χ4v) is 4.24. The number of nitrogens with zero attached hydrogens (tertiary/aromatic N) is 1. The zero-order valence-electron chi connectivity index (χ0n) is 14.0. The summed E-state index contributed by atoms with van der Waals surface area (Å²) in [6.45, 7) is 1.75. The van der Waals surface area contributed by atoms with E-state index in [2.05, 4.69) is 0 Å². The molecule has 25 heavy (non-hydrogen) atoms. The molecule has 0 amide bonds. The molecule has 0 atom stereocenters. The van der Waals surface area contributed by atoms with Crippen LogP contribution in [0.2, 0.25) is 0 Å². The van der Waals surface area contributed by atoms with Crippen LogP contribution in [0.25, 0.3) is 10.1 Å². The van der Waals surface area contributed by atoms with Crippen molar-refractivity contribution in [2.24, 2.45) is 0 Å². The number of esters is 1. The normalized spacial score (nSPS) is 12.0. The number of hydrogen-bond acceptors (Lipinski definition) is 6. The molecule has 0 aliphatic rings. The Balaban J connectivity index is 1.74. The minimum Gasteiger partial charge on any atom is -0.453 e. The number of thiophene rings is 1. The van der Waals surface area contributed by atoms with Gasteiger partial charge in [0.2, 0.25) is 5.09 Å². The number of furan rings is 1. The number of sulfonamides is 1. The third-order valence-corrected chi connectivity index (χ3v) is 6.69. The van der Waals surface area contributed by atoms with Crippen molar-refractivity contribution in [1.29, 1.82) is 0 Å². The zero-order chi connectivity index (χ0) is 18.2. The summed E-state index contributed by atoms with van der Waals surface area (Å²) >= 11 is 1.37. The first-order valence-electron chi connectivity index (χ1n) is 7.47. The lowest BCUT2D eigenvalue weighted by atomic mass is 10.1. The van der Waals surface area contributed by atoms with E-state index < -0.39 is 16.0 Å². The molecule has 0 spiro atoms. The van der Waals surface area contributed by atoms with Gasteiger partial charge >= 0.3 is 5.97 Å². The van der Waals surface area contributed by atoms with Crippen molar-refractivity contribution >= 4 is 37.4 Å². The summed E-state index contributed by atoms with van der Waals surface area (Å²) in [5.74, 6) is -0.181. The number of fused-ring (bicyclic) bond motifs is 1. The molecule has 6 nitrogen and oxygen atoms in total. The van der Waals surface area contributed by atoms with Gasteiger partial charge in [0.25, 0.3) is 10.0 Å². The highest BCUT2D eigenvalue weighted by molar-refractivity contribution is 7.88. The summed E-state index contributed by atoms with van der Waals surface area (Å²) in [5, 5.41) is 0.846. The molecule has 1 aromatic carbocycles. The van der Waals surface area contributed by atoms with Gasteiger partial charge in [0.15, 0.2) is 0 Å². The van der Waals surface area contributed by atoms with Gasteiger partial charge in [0, 0.05) is 18.8 Å². The summed E-state index contributed by atoms with van der Waals surface area (Å²) in [5.41, 5.74) is 0.876. The summed E-state index contributed by atoms with van der Waals surface area (Å²) in [4.78, 5) is 12.9. The van der Waals surface area contributed by atoms with E-state index in [1.807, 2.05) is 31.2 Å². The number of rotatable bonds is 5. The lowest BCUT2D eigenvalue weighted by molar-refractivity contribution is 0.0446. The fraction of sp³-hybridized carbons (Fsp3) is 0.235. The lowest BCUT2D eigenvalue weighted by Crippen LogP contribution is -2.21. The number of benzene rings is 1. The molecule has 0 unspecified atom stereocenters. The Labute approximate surface area is 149 Å². The van der Waals surface area contributed by atoms with Gasteiger partial charge in [0.1, 0.15) is 17.2 Å². The van der Waals surface area contributed by atoms with E-state index in [9.17, 15) is 13.2 Å². The van der Waals surface area contributed by atoms with Crippen LogP contribution in [0.3, 0.4) is 0 Å². The van der Waals surface area contributed by atoms with Gasteiger partial charge in [-0.15, -0.1) is 11.3 Å². The van der Waals surface area contributed by atoms with Gasteiger partial charge in [-0.05, 0) is 36.1 Å². The molecule has 0 aliphatic carbocycles. The van der Waals surface area contributed by atoms with Gasteiger partial charge in [0.05, 0.1) is 0 Å². The molecule has 0 saturated heterocycles. The van der Waals surface area contributed by atoms with Crippen LogP contribution in [0, 0.1) is 6.92 Å². The molecule has 0 N–H and O–H groups in total. The Kier molecular flexibility index (Phi) is 4.68. The van der Waals surface area contributed by atoms with Crippen LogP contribution in [0.5, 0.6) is 0 Å². The summed E-state index contributed by atoms with van der Waals surface area (Å²) in [6, 6.07) is 10.6. The van der Waals surface area contributed by atoms with Gasteiger partial charge in [-0.2, -0.15) is 0 Å². The molecular formula is C17H17NO5S2. The molecule has 0 bridgehead atoms. The van der Waals surface area contributed by atoms with Crippen molar-refractivity contribution in [3.63, 3.8) is 0 Å². The van der Waals surface area contributed by atoms with Crippen LogP contribution in [0.4, 0.5) is 0 Å². The minimum atomic E-state index is -3.64. The second-order valence-electron chi connectivity index (χ2n) is 5.64. The summed E-state index contributed by atoms with van der Waals surface area (Å²) in [6.07, 6.45) is 0. The van der Waals surface area contributed by atoms with Crippen molar-refractivity contribution in [3.8, 4) is 0 Å². The van der Waals surface area contributed by atoms with Crippen LogP contribution in [0.1, 0.15) is 21.0 Å². The van der Waals surface area contributed by atoms with E-state index >= 15 is 0 Å². The van der Waals surface area contributed by atoms with Crippen LogP contribution in [0.15, 0.2) is 45.9 Å². The number of carbonyl (C=O) groups is 1.